The van der Waals surface area contributed by atoms with Gasteiger partial charge in [0, 0.05) is 18.8 Å². The van der Waals surface area contributed by atoms with Gasteiger partial charge in [-0.3, -0.25) is 4.72 Å². The van der Waals surface area contributed by atoms with E-state index < -0.39 is 16.0 Å². The van der Waals surface area contributed by atoms with Crippen LogP contribution in [0, 0.1) is 0 Å². The topological polar surface area (TPSA) is 105 Å². The zero-order valence-electron chi connectivity index (χ0n) is 14.0. The molecule has 3 N–H and O–H groups in total. The zero-order valence-corrected chi connectivity index (χ0v) is 14.8. The summed E-state index contributed by atoms with van der Waals surface area (Å²) in [4.78, 5) is 11.1. The lowest BCUT2D eigenvalue weighted by Gasteiger charge is -2.17. The molecule has 0 unspecified atom stereocenters. The van der Waals surface area contributed by atoms with E-state index in [0.29, 0.717) is 24.5 Å². The third-order valence-electron chi connectivity index (χ3n) is 4.09. The molecule has 0 bridgehead atoms. The van der Waals surface area contributed by atoms with Crippen LogP contribution >= 0.6 is 0 Å². The fourth-order valence-corrected chi connectivity index (χ4v) is 4.04. The minimum atomic E-state index is -3.96. The van der Waals surface area contributed by atoms with Crippen LogP contribution in [-0.4, -0.2) is 38.7 Å². The van der Waals surface area contributed by atoms with Gasteiger partial charge in [-0.1, -0.05) is 18.2 Å². The number of carboxylic acids is 1. The van der Waals surface area contributed by atoms with E-state index in [2.05, 4.69) is 10.0 Å². The van der Waals surface area contributed by atoms with Crippen molar-refractivity contribution in [2.45, 2.75) is 23.8 Å². The Morgan fingerprint density at radius 1 is 1.19 bits per heavy atom. The summed E-state index contributed by atoms with van der Waals surface area (Å²) in [6.07, 6.45) is 1.90. The first-order chi connectivity index (χ1) is 12.5. The zero-order chi connectivity index (χ0) is 18.6. The Balaban J connectivity index is 1.90. The number of sulfonamides is 1. The molecule has 1 atom stereocenters. The highest BCUT2D eigenvalue weighted by Gasteiger charge is 2.22. The lowest BCUT2D eigenvalue weighted by molar-refractivity contribution is 0.0696. The predicted molar refractivity (Wildman–Crippen MR) is 98.1 cm³/mol. The smallest absolute Gasteiger partial charge is 0.335 e. The molecule has 1 aliphatic rings. The van der Waals surface area contributed by atoms with Gasteiger partial charge >= 0.3 is 5.97 Å². The fraction of sp³-hybridized carbons (Fsp3) is 0.278. The molecule has 0 spiro atoms. The van der Waals surface area contributed by atoms with Gasteiger partial charge in [-0.25, -0.2) is 13.2 Å². The van der Waals surface area contributed by atoms with Gasteiger partial charge in [-0.05, 0) is 43.2 Å². The summed E-state index contributed by atoms with van der Waals surface area (Å²) in [6, 6.07) is 12.4. The molecule has 26 heavy (non-hydrogen) atoms. The van der Waals surface area contributed by atoms with Gasteiger partial charge in [0.05, 0.1) is 17.4 Å². The van der Waals surface area contributed by atoms with Crippen molar-refractivity contribution in [1.29, 1.82) is 0 Å². The van der Waals surface area contributed by atoms with Gasteiger partial charge in [0.2, 0.25) is 0 Å². The monoisotopic (exact) mass is 376 g/mol. The van der Waals surface area contributed by atoms with Crippen molar-refractivity contribution in [3.63, 3.8) is 0 Å². The van der Waals surface area contributed by atoms with Crippen LogP contribution in [0.5, 0.6) is 0 Å². The number of hydrogen-bond acceptors (Lipinski definition) is 5. The Morgan fingerprint density at radius 3 is 2.62 bits per heavy atom. The molecular weight excluding hydrogens is 356 g/mol. The van der Waals surface area contributed by atoms with Gasteiger partial charge < -0.3 is 15.2 Å². The van der Waals surface area contributed by atoms with Crippen molar-refractivity contribution in [1.82, 2.24) is 0 Å². The minimum absolute atomic E-state index is 0.0202. The molecule has 0 aromatic heterocycles. The maximum atomic E-state index is 12.8. The number of carboxylic acid groups (broad SMARTS) is 1. The van der Waals surface area contributed by atoms with Crippen molar-refractivity contribution >= 4 is 27.4 Å². The molecule has 7 nitrogen and oxygen atoms in total. The van der Waals surface area contributed by atoms with E-state index in [0.717, 1.165) is 18.9 Å². The first-order valence-corrected chi connectivity index (χ1v) is 9.75. The van der Waals surface area contributed by atoms with Crippen molar-refractivity contribution in [3.05, 3.63) is 54.1 Å². The van der Waals surface area contributed by atoms with Crippen molar-refractivity contribution < 1.29 is 23.1 Å². The van der Waals surface area contributed by atoms with Crippen LogP contribution in [0.1, 0.15) is 23.2 Å². The number of para-hydroxylation sites is 1. The third-order valence-corrected chi connectivity index (χ3v) is 5.51. The average Bonchev–Trinajstić information content (AvgIpc) is 3.13. The number of carbonyl (C=O) groups is 1. The summed E-state index contributed by atoms with van der Waals surface area (Å²) < 4.78 is 33.6. The molecule has 0 radical (unpaired) electrons. The Kier molecular flexibility index (Phi) is 5.43. The summed E-state index contributed by atoms with van der Waals surface area (Å²) in [5, 5.41) is 12.3. The number of nitrogens with one attached hydrogen (secondary N) is 2. The standard InChI is InChI=1S/C18H20N2O5S/c21-18(22)13-8-9-16(19-12-15-7-4-10-25-15)17(11-13)26(23,24)20-14-5-2-1-3-6-14/h1-3,5-6,8-9,11,15,19-20H,4,7,10,12H2,(H,21,22)/t15-/m1/s1. The molecule has 2 aromatic carbocycles. The van der Waals surface area contributed by atoms with Crippen LogP contribution in [0.4, 0.5) is 11.4 Å². The molecule has 138 valence electrons. The second-order valence-corrected chi connectivity index (χ2v) is 7.65. The average molecular weight is 376 g/mol. The largest absolute Gasteiger partial charge is 0.478 e. The maximum Gasteiger partial charge on any atom is 0.335 e. The fourth-order valence-electron chi connectivity index (χ4n) is 2.77. The number of ether oxygens (including phenoxy) is 1. The van der Waals surface area contributed by atoms with E-state index in [9.17, 15) is 18.3 Å². The van der Waals surface area contributed by atoms with Crippen LogP contribution in [-0.2, 0) is 14.8 Å². The number of rotatable bonds is 7. The number of hydrogen-bond donors (Lipinski definition) is 3. The molecule has 1 saturated heterocycles. The summed E-state index contributed by atoms with van der Waals surface area (Å²) in [6.45, 7) is 1.16. The first kappa shape index (κ1) is 18.2. The van der Waals surface area contributed by atoms with Gasteiger partial charge in [0.1, 0.15) is 4.90 Å². The molecular formula is C18H20N2O5S. The molecule has 2 aromatic rings. The van der Waals surface area contributed by atoms with Gasteiger partial charge in [0.15, 0.2) is 0 Å². The van der Waals surface area contributed by atoms with E-state index in [-0.39, 0.29) is 16.6 Å². The molecule has 0 saturated carbocycles. The van der Waals surface area contributed by atoms with E-state index in [1.807, 2.05) is 0 Å². The molecule has 8 heteroatoms. The van der Waals surface area contributed by atoms with Crippen LogP contribution < -0.4 is 10.0 Å². The lowest BCUT2D eigenvalue weighted by atomic mass is 10.2. The van der Waals surface area contributed by atoms with Gasteiger partial charge in [-0.15, -0.1) is 0 Å². The highest BCUT2D eigenvalue weighted by atomic mass is 32.2. The Morgan fingerprint density at radius 2 is 1.96 bits per heavy atom. The molecule has 1 heterocycles. The molecule has 0 aliphatic carbocycles. The highest BCUT2D eigenvalue weighted by Crippen LogP contribution is 2.26. The second kappa shape index (κ2) is 7.76. The maximum absolute atomic E-state index is 12.8. The molecule has 1 fully saturated rings. The normalized spacial score (nSPS) is 17.0. The number of benzene rings is 2. The van der Waals surface area contributed by atoms with E-state index in [4.69, 9.17) is 4.74 Å². The number of aromatic carboxylic acids is 1. The Hall–Kier alpha value is -2.58. The molecule has 3 rings (SSSR count). The second-order valence-electron chi connectivity index (χ2n) is 6.00. The summed E-state index contributed by atoms with van der Waals surface area (Å²) in [7, 11) is -3.96. The Bertz CT molecular complexity index is 878. The quantitative estimate of drug-likeness (QED) is 0.686. The van der Waals surface area contributed by atoms with Crippen molar-refractivity contribution in [2.24, 2.45) is 0 Å². The van der Waals surface area contributed by atoms with E-state index >= 15 is 0 Å². The summed E-state index contributed by atoms with van der Waals surface area (Å²) in [5.74, 6) is -1.19. The van der Waals surface area contributed by atoms with E-state index in [1.54, 1.807) is 30.3 Å². The van der Waals surface area contributed by atoms with Crippen LogP contribution in [0.3, 0.4) is 0 Å². The molecule has 1 aliphatic heterocycles. The van der Waals surface area contributed by atoms with E-state index in [1.165, 1.54) is 12.1 Å². The highest BCUT2D eigenvalue weighted by molar-refractivity contribution is 7.92. The van der Waals surface area contributed by atoms with Gasteiger partial charge in [0.25, 0.3) is 10.0 Å². The van der Waals surface area contributed by atoms with Crippen molar-refractivity contribution in [2.75, 3.05) is 23.2 Å². The SMILES string of the molecule is O=C(O)c1ccc(NC[C@H]2CCCO2)c(S(=O)(=O)Nc2ccccc2)c1. The minimum Gasteiger partial charge on any atom is -0.478 e. The van der Waals surface area contributed by atoms with Gasteiger partial charge in [-0.2, -0.15) is 0 Å². The predicted octanol–water partition coefficient (Wildman–Crippen LogP) is 2.78. The van der Waals surface area contributed by atoms with Crippen LogP contribution in [0.2, 0.25) is 0 Å². The van der Waals surface area contributed by atoms with Crippen LogP contribution in [0.15, 0.2) is 53.4 Å². The Labute approximate surface area is 152 Å². The summed E-state index contributed by atoms with van der Waals surface area (Å²) in [5.41, 5.74) is 0.647. The molecule has 0 amide bonds. The van der Waals surface area contributed by atoms with Crippen molar-refractivity contribution in [3.8, 4) is 0 Å². The number of anilines is 2. The first-order valence-electron chi connectivity index (χ1n) is 8.26. The van der Waals surface area contributed by atoms with Crippen LogP contribution in [0.25, 0.3) is 0 Å². The summed E-state index contributed by atoms with van der Waals surface area (Å²) >= 11 is 0. The third kappa shape index (κ3) is 4.33. The lowest BCUT2D eigenvalue weighted by Crippen LogP contribution is -2.21.